The molecule has 0 aliphatic rings. The number of aromatic nitrogens is 2. The molecule has 3 aromatic rings. The van der Waals surface area contributed by atoms with Gasteiger partial charge in [0.25, 0.3) is 5.56 Å². The van der Waals surface area contributed by atoms with Crippen molar-refractivity contribution in [3.05, 3.63) is 65.0 Å². The Bertz CT molecular complexity index is 1000. The summed E-state index contributed by atoms with van der Waals surface area (Å²) in [5.74, 6) is -1.40. The van der Waals surface area contributed by atoms with Crippen molar-refractivity contribution in [3.63, 3.8) is 0 Å². The van der Waals surface area contributed by atoms with Gasteiger partial charge in [-0.3, -0.25) is 9.36 Å². The molecule has 0 saturated carbocycles. The fraction of sp³-hybridized carbons (Fsp3) is 0.167. The number of benzene rings is 2. The minimum absolute atomic E-state index is 0.278. The Hall–Kier alpha value is -2.67. The summed E-state index contributed by atoms with van der Waals surface area (Å²) in [6.45, 7) is 1.70. The molecule has 0 radical (unpaired) electrons. The Labute approximate surface area is 147 Å². The predicted octanol–water partition coefficient (Wildman–Crippen LogP) is 3.72. The standard InChI is InChI=1S/C18H15FN2O3S/c1-2-16(18(23)24)21-10-20-15-7-6-13(9-14(15)17(21)22)25-12-5-3-4-11(19)8-12/h3-10,16H,2H2,1H3,(H,23,24)/t16-/m0/s1. The minimum Gasteiger partial charge on any atom is -0.480 e. The summed E-state index contributed by atoms with van der Waals surface area (Å²) in [5, 5.41) is 9.61. The van der Waals surface area contributed by atoms with Crippen LogP contribution in [0.15, 0.2) is 63.4 Å². The summed E-state index contributed by atoms with van der Waals surface area (Å²) in [6.07, 6.45) is 1.55. The Morgan fingerprint density at radius 3 is 2.72 bits per heavy atom. The number of hydrogen-bond donors (Lipinski definition) is 1. The van der Waals surface area contributed by atoms with Crippen LogP contribution in [0.5, 0.6) is 0 Å². The molecule has 3 rings (SSSR count). The Morgan fingerprint density at radius 1 is 1.28 bits per heavy atom. The number of carboxylic acids is 1. The number of halogens is 1. The number of carbonyl (C=O) groups is 1. The van der Waals surface area contributed by atoms with Gasteiger partial charge in [-0.2, -0.15) is 0 Å². The van der Waals surface area contributed by atoms with Crippen molar-refractivity contribution in [2.24, 2.45) is 0 Å². The van der Waals surface area contributed by atoms with Crippen LogP contribution in [0.2, 0.25) is 0 Å². The summed E-state index contributed by atoms with van der Waals surface area (Å²) in [4.78, 5) is 29.7. The SMILES string of the molecule is CC[C@@H](C(=O)O)n1cnc2ccc(Sc3cccc(F)c3)cc2c1=O. The third-order valence-electron chi connectivity index (χ3n) is 3.79. The molecule has 5 nitrogen and oxygen atoms in total. The van der Waals surface area contributed by atoms with Gasteiger partial charge in [0.15, 0.2) is 0 Å². The molecule has 1 N–H and O–H groups in total. The first-order valence-electron chi connectivity index (χ1n) is 7.66. The van der Waals surface area contributed by atoms with Gasteiger partial charge in [-0.15, -0.1) is 0 Å². The van der Waals surface area contributed by atoms with E-state index in [9.17, 15) is 19.1 Å². The topological polar surface area (TPSA) is 72.2 Å². The maximum atomic E-state index is 13.3. The van der Waals surface area contributed by atoms with Crippen LogP contribution in [0.4, 0.5) is 4.39 Å². The zero-order chi connectivity index (χ0) is 18.0. The van der Waals surface area contributed by atoms with E-state index >= 15 is 0 Å². The van der Waals surface area contributed by atoms with Gasteiger partial charge in [0.1, 0.15) is 11.9 Å². The maximum absolute atomic E-state index is 13.3. The lowest BCUT2D eigenvalue weighted by Gasteiger charge is -2.13. The zero-order valence-corrected chi connectivity index (χ0v) is 14.2. The molecule has 1 aromatic heterocycles. The number of fused-ring (bicyclic) bond motifs is 1. The van der Waals surface area contributed by atoms with Gasteiger partial charge in [-0.25, -0.2) is 14.2 Å². The number of carboxylic acid groups (broad SMARTS) is 1. The van der Waals surface area contributed by atoms with E-state index in [2.05, 4.69) is 4.98 Å². The van der Waals surface area contributed by atoms with Crippen molar-refractivity contribution in [2.75, 3.05) is 0 Å². The van der Waals surface area contributed by atoms with Crippen molar-refractivity contribution < 1.29 is 14.3 Å². The van der Waals surface area contributed by atoms with Gasteiger partial charge in [-0.05, 0) is 42.8 Å². The average molecular weight is 358 g/mol. The van der Waals surface area contributed by atoms with Crippen LogP contribution in [-0.2, 0) is 4.79 Å². The number of hydrogen-bond acceptors (Lipinski definition) is 4. The van der Waals surface area contributed by atoms with Gasteiger partial charge in [-0.1, -0.05) is 24.8 Å². The van der Waals surface area contributed by atoms with Gasteiger partial charge >= 0.3 is 5.97 Å². The molecule has 7 heteroatoms. The van der Waals surface area contributed by atoms with E-state index < -0.39 is 17.6 Å². The fourth-order valence-corrected chi connectivity index (χ4v) is 3.46. The van der Waals surface area contributed by atoms with Crippen molar-refractivity contribution in [1.82, 2.24) is 9.55 Å². The van der Waals surface area contributed by atoms with Gasteiger partial charge in [0.05, 0.1) is 17.2 Å². The largest absolute Gasteiger partial charge is 0.480 e. The average Bonchev–Trinajstić information content (AvgIpc) is 2.58. The highest BCUT2D eigenvalue weighted by Gasteiger charge is 2.19. The highest BCUT2D eigenvalue weighted by Crippen LogP contribution is 2.29. The third kappa shape index (κ3) is 3.56. The van der Waals surface area contributed by atoms with Crippen molar-refractivity contribution in [2.45, 2.75) is 29.2 Å². The van der Waals surface area contributed by atoms with Crippen LogP contribution in [0.3, 0.4) is 0 Å². The lowest BCUT2D eigenvalue weighted by atomic mass is 10.2. The quantitative estimate of drug-likeness (QED) is 0.752. The van der Waals surface area contributed by atoms with Crippen LogP contribution >= 0.6 is 11.8 Å². The molecule has 128 valence electrons. The van der Waals surface area contributed by atoms with E-state index in [4.69, 9.17) is 0 Å². The van der Waals surface area contributed by atoms with Crippen LogP contribution in [0.25, 0.3) is 10.9 Å². The van der Waals surface area contributed by atoms with Gasteiger partial charge < -0.3 is 5.11 Å². The first kappa shape index (κ1) is 17.2. The van der Waals surface area contributed by atoms with Gasteiger partial charge in [0.2, 0.25) is 0 Å². The highest BCUT2D eigenvalue weighted by molar-refractivity contribution is 7.99. The van der Waals surface area contributed by atoms with E-state index in [1.807, 2.05) is 0 Å². The van der Waals surface area contributed by atoms with Crippen LogP contribution in [0, 0.1) is 5.82 Å². The normalized spacial score (nSPS) is 12.2. The Kier molecular flexibility index (Phi) is 4.85. The molecule has 0 aliphatic heterocycles. The van der Waals surface area contributed by atoms with E-state index in [1.54, 1.807) is 37.3 Å². The van der Waals surface area contributed by atoms with E-state index in [-0.39, 0.29) is 12.2 Å². The number of rotatable bonds is 5. The third-order valence-corrected chi connectivity index (χ3v) is 4.77. The molecular weight excluding hydrogens is 343 g/mol. The van der Waals surface area contributed by atoms with E-state index in [0.29, 0.717) is 15.8 Å². The molecule has 0 amide bonds. The molecule has 1 atom stereocenters. The second-order valence-electron chi connectivity index (χ2n) is 5.46. The highest BCUT2D eigenvalue weighted by atomic mass is 32.2. The van der Waals surface area contributed by atoms with E-state index in [1.165, 1.54) is 30.2 Å². The fourth-order valence-electron chi connectivity index (χ4n) is 2.56. The predicted molar refractivity (Wildman–Crippen MR) is 93.5 cm³/mol. The molecule has 0 fully saturated rings. The van der Waals surface area contributed by atoms with Crippen LogP contribution in [-0.4, -0.2) is 20.6 Å². The second-order valence-corrected chi connectivity index (χ2v) is 6.60. The molecular formula is C18H15FN2O3S. The number of aliphatic carboxylic acids is 1. The first-order chi connectivity index (χ1) is 12.0. The van der Waals surface area contributed by atoms with Crippen LogP contribution in [0.1, 0.15) is 19.4 Å². The lowest BCUT2D eigenvalue weighted by Crippen LogP contribution is -2.29. The van der Waals surface area contributed by atoms with Crippen molar-refractivity contribution in [1.29, 1.82) is 0 Å². The summed E-state index contributed by atoms with van der Waals surface area (Å²) < 4.78 is 14.5. The molecule has 2 aromatic carbocycles. The molecule has 0 bridgehead atoms. The summed E-state index contributed by atoms with van der Waals surface area (Å²) in [6, 6.07) is 10.4. The molecule has 0 saturated heterocycles. The smallest absolute Gasteiger partial charge is 0.326 e. The monoisotopic (exact) mass is 358 g/mol. The summed E-state index contributed by atoms with van der Waals surface area (Å²) >= 11 is 1.32. The molecule has 0 aliphatic carbocycles. The summed E-state index contributed by atoms with van der Waals surface area (Å²) in [5.41, 5.74) is 0.0889. The van der Waals surface area contributed by atoms with Crippen LogP contribution < -0.4 is 5.56 Å². The summed E-state index contributed by atoms with van der Waals surface area (Å²) in [7, 11) is 0. The second kappa shape index (κ2) is 7.06. The van der Waals surface area contributed by atoms with E-state index in [0.717, 1.165) is 9.46 Å². The molecule has 0 unspecified atom stereocenters. The maximum Gasteiger partial charge on any atom is 0.326 e. The lowest BCUT2D eigenvalue weighted by molar-refractivity contribution is -0.141. The van der Waals surface area contributed by atoms with Gasteiger partial charge in [0, 0.05) is 9.79 Å². The first-order valence-corrected chi connectivity index (χ1v) is 8.48. The Balaban J connectivity index is 2.05. The molecule has 0 spiro atoms. The van der Waals surface area contributed by atoms with Crippen molar-refractivity contribution >= 4 is 28.6 Å². The number of nitrogens with zero attached hydrogens (tertiary/aromatic N) is 2. The zero-order valence-electron chi connectivity index (χ0n) is 13.3. The Morgan fingerprint density at radius 2 is 2.04 bits per heavy atom. The molecule has 1 heterocycles. The minimum atomic E-state index is -1.07. The van der Waals surface area contributed by atoms with Crippen molar-refractivity contribution in [3.8, 4) is 0 Å². The molecule has 25 heavy (non-hydrogen) atoms.